The number of carbonyl (C=O) groups excluding carboxylic acids is 1. The summed E-state index contributed by atoms with van der Waals surface area (Å²) in [6, 6.07) is 0. The molecule has 0 saturated heterocycles. The fraction of sp³-hybridized carbons (Fsp3) is 0.889. The Labute approximate surface area is 78.6 Å². The summed E-state index contributed by atoms with van der Waals surface area (Å²) in [6.07, 6.45) is 3.81. The molecule has 0 aliphatic carbocycles. The van der Waals surface area contributed by atoms with Crippen LogP contribution in [0.25, 0.3) is 0 Å². The van der Waals surface area contributed by atoms with Crippen LogP contribution in [0.4, 0.5) is 4.39 Å². The van der Waals surface area contributed by atoms with Crippen molar-refractivity contribution in [2.45, 2.75) is 39.0 Å². The zero-order valence-corrected chi connectivity index (χ0v) is 8.14. The fourth-order valence-corrected chi connectivity index (χ4v) is 0.841. The molecule has 0 aliphatic rings. The molecule has 0 saturated carbocycles. The molecular formula is C9H18FNO2. The van der Waals surface area contributed by atoms with Gasteiger partial charge in [-0.2, -0.15) is 5.48 Å². The molecule has 0 aliphatic heterocycles. The van der Waals surface area contributed by atoms with Crippen LogP contribution in [0.3, 0.4) is 0 Å². The van der Waals surface area contributed by atoms with E-state index in [4.69, 9.17) is 0 Å². The minimum Gasteiger partial charge on any atom is -0.371 e. The van der Waals surface area contributed by atoms with Crippen LogP contribution in [0.2, 0.25) is 0 Å². The van der Waals surface area contributed by atoms with Gasteiger partial charge in [-0.15, -0.1) is 0 Å². The smallest absolute Gasteiger partial charge is 0.324 e. The van der Waals surface area contributed by atoms with E-state index in [9.17, 15) is 9.18 Å². The zero-order valence-electron chi connectivity index (χ0n) is 8.14. The summed E-state index contributed by atoms with van der Waals surface area (Å²) in [5.41, 5.74) is 2.42. The maximum atomic E-state index is 11.6. The molecule has 0 unspecified atom stereocenters. The van der Waals surface area contributed by atoms with Crippen molar-refractivity contribution in [2.75, 3.05) is 13.2 Å². The molecule has 78 valence electrons. The van der Waals surface area contributed by atoms with Crippen LogP contribution in [0.1, 0.15) is 39.0 Å². The monoisotopic (exact) mass is 191 g/mol. The quantitative estimate of drug-likeness (QED) is 0.471. The van der Waals surface area contributed by atoms with Crippen LogP contribution >= 0.6 is 0 Å². The van der Waals surface area contributed by atoms with Crippen LogP contribution in [-0.4, -0.2) is 19.2 Å². The Hall–Kier alpha value is -0.640. The molecule has 0 aromatic rings. The van der Waals surface area contributed by atoms with Gasteiger partial charge in [0.2, 0.25) is 0 Å². The summed E-state index contributed by atoms with van der Waals surface area (Å²) < 4.78 is 11.6. The van der Waals surface area contributed by atoms with Crippen LogP contribution in [0.5, 0.6) is 0 Å². The van der Waals surface area contributed by atoms with Crippen molar-refractivity contribution in [1.82, 2.24) is 5.48 Å². The molecule has 13 heavy (non-hydrogen) atoms. The first-order valence-electron chi connectivity index (χ1n) is 4.79. The summed E-state index contributed by atoms with van der Waals surface area (Å²) in [6.45, 7) is 2.07. The third-order valence-electron chi connectivity index (χ3n) is 1.58. The second-order valence-electron chi connectivity index (χ2n) is 2.87. The van der Waals surface area contributed by atoms with Gasteiger partial charge in [0.05, 0.1) is 6.67 Å². The van der Waals surface area contributed by atoms with E-state index in [1.807, 2.05) is 0 Å². The molecular weight excluding hydrogens is 173 g/mol. The number of unbranched alkanes of at least 4 members (excludes halogenated alkanes) is 2. The normalized spacial score (nSPS) is 10.0. The average molecular weight is 191 g/mol. The Morgan fingerprint density at radius 2 is 2.15 bits per heavy atom. The molecule has 0 atom stereocenters. The molecule has 0 radical (unpaired) electrons. The first-order chi connectivity index (χ1) is 6.31. The van der Waals surface area contributed by atoms with E-state index in [0.29, 0.717) is 19.4 Å². The van der Waals surface area contributed by atoms with Crippen molar-refractivity contribution < 1.29 is 14.0 Å². The van der Waals surface area contributed by atoms with Crippen LogP contribution in [-0.2, 0) is 9.63 Å². The average Bonchev–Trinajstić information content (AvgIpc) is 2.13. The van der Waals surface area contributed by atoms with E-state index in [0.717, 1.165) is 19.3 Å². The van der Waals surface area contributed by atoms with Crippen LogP contribution in [0, 0.1) is 0 Å². The zero-order chi connectivity index (χ0) is 9.94. The standard InChI is InChI=1S/C9H18FNO2/c1-2-3-4-6-9(12)13-11-8-5-7-10/h11H,2-8H2,1H3. The molecule has 3 nitrogen and oxygen atoms in total. The largest absolute Gasteiger partial charge is 0.371 e. The lowest BCUT2D eigenvalue weighted by molar-refractivity contribution is -0.151. The first kappa shape index (κ1) is 12.4. The van der Waals surface area contributed by atoms with Crippen LogP contribution in [0.15, 0.2) is 0 Å². The third-order valence-corrected chi connectivity index (χ3v) is 1.58. The van der Waals surface area contributed by atoms with E-state index in [-0.39, 0.29) is 12.6 Å². The molecule has 0 rings (SSSR count). The maximum Gasteiger partial charge on any atom is 0.324 e. The Morgan fingerprint density at radius 1 is 1.38 bits per heavy atom. The van der Waals surface area contributed by atoms with E-state index >= 15 is 0 Å². The second-order valence-corrected chi connectivity index (χ2v) is 2.87. The highest BCUT2D eigenvalue weighted by atomic mass is 19.1. The Balaban J connectivity index is 3.11. The molecule has 0 heterocycles. The van der Waals surface area contributed by atoms with E-state index in [1.165, 1.54) is 0 Å². The molecule has 4 heteroatoms. The fourth-order valence-electron chi connectivity index (χ4n) is 0.841. The van der Waals surface area contributed by atoms with Crippen LogP contribution < -0.4 is 5.48 Å². The minimum absolute atomic E-state index is 0.257. The molecule has 1 N–H and O–H groups in total. The number of alkyl halides is 1. The number of carbonyl (C=O) groups is 1. The number of hydrogen-bond acceptors (Lipinski definition) is 3. The summed E-state index contributed by atoms with van der Waals surface area (Å²) in [7, 11) is 0. The van der Waals surface area contributed by atoms with E-state index in [2.05, 4.69) is 17.2 Å². The van der Waals surface area contributed by atoms with Gasteiger partial charge < -0.3 is 4.84 Å². The molecule has 0 spiro atoms. The lowest BCUT2D eigenvalue weighted by Crippen LogP contribution is -2.21. The van der Waals surface area contributed by atoms with Crippen molar-refractivity contribution in [3.8, 4) is 0 Å². The number of halogens is 1. The van der Waals surface area contributed by atoms with E-state index in [1.54, 1.807) is 0 Å². The van der Waals surface area contributed by atoms with Gasteiger partial charge in [-0.3, -0.25) is 9.18 Å². The highest BCUT2D eigenvalue weighted by Gasteiger charge is 2.01. The van der Waals surface area contributed by atoms with Crippen molar-refractivity contribution in [3.05, 3.63) is 0 Å². The molecule has 0 fully saturated rings. The van der Waals surface area contributed by atoms with Crippen molar-refractivity contribution in [1.29, 1.82) is 0 Å². The van der Waals surface area contributed by atoms with Gasteiger partial charge >= 0.3 is 5.97 Å². The van der Waals surface area contributed by atoms with Gasteiger partial charge in [0.25, 0.3) is 0 Å². The predicted octanol–water partition coefficient (Wildman–Crippen LogP) is 1.97. The maximum absolute atomic E-state index is 11.6. The number of nitrogens with one attached hydrogen (secondary N) is 1. The first-order valence-corrected chi connectivity index (χ1v) is 4.79. The van der Waals surface area contributed by atoms with Gasteiger partial charge in [0.1, 0.15) is 0 Å². The summed E-state index contributed by atoms with van der Waals surface area (Å²) in [5.74, 6) is -0.257. The predicted molar refractivity (Wildman–Crippen MR) is 48.8 cm³/mol. The van der Waals surface area contributed by atoms with Gasteiger partial charge in [-0.25, -0.2) is 0 Å². The van der Waals surface area contributed by atoms with Crippen molar-refractivity contribution >= 4 is 5.97 Å². The van der Waals surface area contributed by atoms with Gasteiger partial charge in [-0.1, -0.05) is 19.8 Å². The molecule has 0 aromatic carbocycles. The summed E-state index contributed by atoms with van der Waals surface area (Å²) in [4.78, 5) is 15.5. The summed E-state index contributed by atoms with van der Waals surface area (Å²) >= 11 is 0. The Morgan fingerprint density at radius 3 is 2.77 bits per heavy atom. The third kappa shape index (κ3) is 9.27. The van der Waals surface area contributed by atoms with Gasteiger partial charge in [-0.05, 0) is 12.8 Å². The highest BCUT2D eigenvalue weighted by Crippen LogP contribution is 1.99. The highest BCUT2D eigenvalue weighted by molar-refractivity contribution is 5.68. The topological polar surface area (TPSA) is 38.3 Å². The Bertz CT molecular complexity index is 131. The second kappa shape index (κ2) is 9.45. The van der Waals surface area contributed by atoms with Gasteiger partial charge in [0, 0.05) is 13.0 Å². The number of hydroxylamine groups is 1. The summed E-state index contributed by atoms with van der Waals surface area (Å²) in [5, 5.41) is 0. The number of rotatable bonds is 8. The lowest BCUT2D eigenvalue weighted by atomic mass is 10.2. The van der Waals surface area contributed by atoms with Crippen molar-refractivity contribution in [2.24, 2.45) is 0 Å². The van der Waals surface area contributed by atoms with Gasteiger partial charge in [0.15, 0.2) is 0 Å². The molecule has 0 amide bonds. The number of hydrogen-bond donors (Lipinski definition) is 1. The molecule has 0 aromatic heterocycles. The molecule has 0 bridgehead atoms. The SMILES string of the molecule is CCCCCC(=O)ONCCCF. The Kier molecular flexibility index (Phi) is 8.98. The lowest BCUT2D eigenvalue weighted by Gasteiger charge is -2.03. The van der Waals surface area contributed by atoms with Crippen molar-refractivity contribution in [3.63, 3.8) is 0 Å². The van der Waals surface area contributed by atoms with E-state index < -0.39 is 0 Å². The minimum atomic E-state index is -0.389.